The summed E-state index contributed by atoms with van der Waals surface area (Å²) >= 11 is 0. The molecule has 1 saturated heterocycles. The molecule has 1 fully saturated rings. The quantitative estimate of drug-likeness (QED) is 0.231. The molecule has 42 heavy (non-hydrogen) atoms. The molecule has 0 amide bonds. The summed E-state index contributed by atoms with van der Waals surface area (Å²) in [5.41, 5.74) is 3.07. The Bertz CT molecular complexity index is 1400. The number of hydrogen-bond donors (Lipinski definition) is 2. The van der Waals surface area contributed by atoms with Gasteiger partial charge in [0.25, 0.3) is 0 Å². The van der Waals surface area contributed by atoms with E-state index in [0.717, 1.165) is 49.7 Å². The van der Waals surface area contributed by atoms with Crippen LogP contribution in [0.4, 0.5) is 17.1 Å². The maximum absolute atomic E-state index is 12.9. The van der Waals surface area contributed by atoms with Crippen molar-refractivity contribution in [1.29, 1.82) is 0 Å². The number of guanidine groups is 1. The molecule has 2 heterocycles. The lowest BCUT2D eigenvalue weighted by Gasteiger charge is -2.38. The van der Waals surface area contributed by atoms with Crippen molar-refractivity contribution < 1.29 is 14.1 Å². The molecule has 2 aromatic carbocycles. The molecule has 9 nitrogen and oxygen atoms in total. The van der Waals surface area contributed by atoms with Crippen LogP contribution in [-0.2, 0) is 4.57 Å². The van der Waals surface area contributed by atoms with Crippen LogP contribution < -0.4 is 25.6 Å². The Balaban J connectivity index is 1.58. The van der Waals surface area contributed by atoms with E-state index in [2.05, 4.69) is 58.6 Å². The lowest BCUT2D eigenvalue weighted by atomic mass is 10.1. The average Bonchev–Trinajstić information content (AvgIpc) is 3.08. The van der Waals surface area contributed by atoms with Crippen molar-refractivity contribution in [1.82, 2.24) is 4.90 Å². The van der Waals surface area contributed by atoms with Gasteiger partial charge >= 0.3 is 0 Å². The van der Waals surface area contributed by atoms with Crippen molar-refractivity contribution in [3.8, 4) is 5.75 Å². The maximum atomic E-state index is 12.9. The second kappa shape index (κ2) is 14.2. The Kier molecular flexibility index (Phi) is 10.6. The third-order valence-corrected chi connectivity index (χ3v) is 9.16. The molecule has 0 atom stereocenters. The molecule has 0 bridgehead atoms. The number of ether oxygens (including phenoxy) is 1. The van der Waals surface area contributed by atoms with Crippen LogP contribution in [0.1, 0.15) is 50.4 Å². The fraction of sp³-hybridized carbons (Fsp3) is 0.469. The van der Waals surface area contributed by atoms with Gasteiger partial charge in [0.2, 0.25) is 5.96 Å². The molecule has 0 radical (unpaired) electrons. The average molecular weight is 593 g/mol. The van der Waals surface area contributed by atoms with Crippen LogP contribution in [0.5, 0.6) is 5.75 Å². The van der Waals surface area contributed by atoms with E-state index < -0.39 is 7.14 Å². The zero-order valence-corrected chi connectivity index (χ0v) is 26.7. The molecule has 2 aliphatic heterocycles. The van der Waals surface area contributed by atoms with Crippen molar-refractivity contribution in [2.45, 2.75) is 46.1 Å². The number of ketones is 1. The summed E-state index contributed by atoms with van der Waals surface area (Å²) in [5, 5.41) is 7.44. The molecule has 0 aliphatic carbocycles. The van der Waals surface area contributed by atoms with Crippen LogP contribution in [0.15, 0.2) is 58.5 Å². The first-order chi connectivity index (χ1) is 20.1. The van der Waals surface area contributed by atoms with Gasteiger partial charge in [-0.1, -0.05) is 19.1 Å². The Morgan fingerprint density at radius 3 is 2.43 bits per heavy atom. The summed E-state index contributed by atoms with van der Waals surface area (Å²) in [4.78, 5) is 27.3. The third-order valence-electron chi connectivity index (χ3n) is 7.64. The Hall–Kier alpha value is -3.42. The van der Waals surface area contributed by atoms with Gasteiger partial charge in [-0.2, -0.15) is 4.99 Å². The van der Waals surface area contributed by atoms with Crippen LogP contribution >= 0.6 is 7.14 Å². The van der Waals surface area contributed by atoms with Gasteiger partial charge in [-0.25, -0.2) is 0 Å². The minimum absolute atomic E-state index is 0.0190. The standard InChI is InChI=1S/C32H45N6O3P/c1-7-29(39)26-22-25(42(5,6)40)13-15-27(26)34-31-11-9-8-10-16-33-32(36-31)35-28-14-12-24(21-30(28)41-4)38-19-17-37(18-20-38)23(2)3/h8-9,12-15,21-23H,7,10-11,16-20H2,1-6H3,(H2,33,34,35,36)/b9-8-. The van der Waals surface area contributed by atoms with E-state index in [4.69, 9.17) is 14.7 Å². The number of rotatable bonds is 8. The minimum atomic E-state index is -2.52. The Labute approximate surface area is 250 Å². The SMILES string of the molecule is CCC(=O)c1cc(P(C)(C)=O)ccc1NC1=NC(Nc2ccc(N3CCN(C(C)C)CC3)cc2OC)=NCC/C=C\C1. The number of carbonyl (C=O) groups excluding carboxylic acids is 1. The highest BCUT2D eigenvalue weighted by Crippen LogP contribution is 2.36. The maximum Gasteiger partial charge on any atom is 0.224 e. The molecule has 0 spiro atoms. The monoisotopic (exact) mass is 592 g/mol. The van der Waals surface area contributed by atoms with Crippen molar-refractivity contribution in [2.24, 2.45) is 9.98 Å². The number of methoxy groups -OCH3 is 1. The zero-order valence-electron chi connectivity index (χ0n) is 25.8. The zero-order chi connectivity index (χ0) is 30.3. The number of nitrogens with one attached hydrogen (secondary N) is 2. The number of nitrogens with zero attached hydrogens (tertiary/aromatic N) is 4. The van der Waals surface area contributed by atoms with E-state index in [1.165, 1.54) is 0 Å². The normalized spacial score (nSPS) is 17.5. The second-order valence-corrected chi connectivity index (χ2v) is 14.6. The number of hydrogen-bond acceptors (Lipinski definition) is 9. The summed E-state index contributed by atoms with van der Waals surface area (Å²) in [7, 11) is -0.846. The molecule has 2 N–H and O–H groups in total. The molecule has 10 heteroatoms. The molecule has 0 unspecified atom stereocenters. The number of amidine groups is 1. The molecule has 0 saturated carbocycles. The summed E-state index contributed by atoms with van der Waals surface area (Å²) in [6.45, 7) is 14.4. The summed E-state index contributed by atoms with van der Waals surface area (Å²) in [5.74, 6) is 1.81. The topological polar surface area (TPSA) is 98.6 Å². The Morgan fingerprint density at radius 1 is 1.02 bits per heavy atom. The highest BCUT2D eigenvalue weighted by Gasteiger charge is 2.21. The smallest absolute Gasteiger partial charge is 0.224 e. The van der Waals surface area contributed by atoms with Crippen LogP contribution in [0.25, 0.3) is 0 Å². The number of aliphatic imine (C=N–C) groups is 2. The molecular formula is C32H45N6O3P. The van der Waals surface area contributed by atoms with Crippen LogP contribution in [0, 0.1) is 0 Å². The highest BCUT2D eigenvalue weighted by atomic mass is 31.2. The summed E-state index contributed by atoms with van der Waals surface area (Å²) in [6.07, 6.45) is 5.83. The number of anilines is 3. The summed E-state index contributed by atoms with van der Waals surface area (Å²) < 4.78 is 18.5. The van der Waals surface area contributed by atoms with Gasteiger partial charge in [0.1, 0.15) is 18.7 Å². The first-order valence-corrected chi connectivity index (χ1v) is 17.4. The minimum Gasteiger partial charge on any atom is -0.494 e. The largest absolute Gasteiger partial charge is 0.494 e. The van der Waals surface area contributed by atoms with Crippen LogP contribution in [0.2, 0.25) is 0 Å². The van der Waals surface area contributed by atoms with E-state index in [1.54, 1.807) is 26.5 Å². The predicted octanol–water partition coefficient (Wildman–Crippen LogP) is 5.69. The number of benzene rings is 2. The fourth-order valence-electron chi connectivity index (χ4n) is 5.06. The van der Waals surface area contributed by atoms with Crippen LogP contribution in [-0.4, -0.2) is 81.7 Å². The van der Waals surface area contributed by atoms with E-state index in [0.29, 0.717) is 53.8 Å². The van der Waals surface area contributed by atoms with Crippen molar-refractivity contribution in [3.05, 3.63) is 54.1 Å². The Morgan fingerprint density at radius 2 is 1.76 bits per heavy atom. The first-order valence-electron chi connectivity index (χ1n) is 14.8. The second-order valence-electron chi connectivity index (χ2n) is 11.3. The molecule has 2 aromatic rings. The highest BCUT2D eigenvalue weighted by molar-refractivity contribution is 7.70. The lowest BCUT2D eigenvalue weighted by molar-refractivity contribution is 0.0989. The molecule has 226 valence electrons. The summed E-state index contributed by atoms with van der Waals surface area (Å²) in [6, 6.07) is 12.2. The van der Waals surface area contributed by atoms with Gasteiger partial charge in [0.05, 0.1) is 18.5 Å². The van der Waals surface area contributed by atoms with Gasteiger partial charge in [0, 0.05) is 74.2 Å². The van der Waals surface area contributed by atoms with E-state index in [1.807, 2.05) is 25.1 Å². The molecule has 4 rings (SSSR count). The van der Waals surface area contributed by atoms with Crippen molar-refractivity contribution in [3.63, 3.8) is 0 Å². The fourth-order valence-corrected chi connectivity index (χ4v) is 5.94. The van der Waals surface area contributed by atoms with E-state index >= 15 is 0 Å². The van der Waals surface area contributed by atoms with Crippen molar-refractivity contribution >= 4 is 47.1 Å². The molecular weight excluding hydrogens is 547 g/mol. The van der Waals surface area contributed by atoms with Crippen LogP contribution in [0.3, 0.4) is 0 Å². The predicted molar refractivity (Wildman–Crippen MR) is 177 cm³/mol. The molecule has 2 aliphatic rings. The lowest BCUT2D eigenvalue weighted by Crippen LogP contribution is -2.48. The van der Waals surface area contributed by atoms with Crippen molar-refractivity contribution in [2.75, 3.05) is 68.7 Å². The van der Waals surface area contributed by atoms with E-state index in [9.17, 15) is 9.36 Å². The van der Waals surface area contributed by atoms with Gasteiger partial charge in [-0.05, 0) is 63.9 Å². The first kappa shape index (κ1) is 31.5. The number of carbonyl (C=O) groups is 1. The third kappa shape index (κ3) is 8.11. The van der Waals surface area contributed by atoms with Gasteiger partial charge in [0.15, 0.2) is 5.78 Å². The number of piperazine rings is 1. The van der Waals surface area contributed by atoms with Gasteiger partial charge in [-0.3, -0.25) is 14.7 Å². The van der Waals surface area contributed by atoms with Gasteiger partial charge < -0.3 is 24.8 Å². The molecule has 0 aromatic heterocycles. The van der Waals surface area contributed by atoms with E-state index in [-0.39, 0.29) is 5.78 Å². The number of Topliss-reactive ketones (excluding diaryl/α,β-unsaturated/α-hetero) is 1. The van der Waals surface area contributed by atoms with Gasteiger partial charge in [-0.15, -0.1) is 0 Å².